The van der Waals surface area contributed by atoms with Crippen molar-refractivity contribution >= 4 is 17.5 Å². The third-order valence-electron chi connectivity index (χ3n) is 4.68. The van der Waals surface area contributed by atoms with Crippen LogP contribution in [0.4, 0.5) is 10.1 Å². The topological polar surface area (TPSA) is 73.9 Å². The van der Waals surface area contributed by atoms with Gasteiger partial charge in [0.2, 0.25) is 11.8 Å². The number of carbonyl (C=O) groups is 2. The van der Waals surface area contributed by atoms with E-state index in [2.05, 4.69) is 15.5 Å². The molecule has 1 atom stereocenters. The molecule has 1 aromatic rings. The Kier molecular flexibility index (Phi) is 6.40. The summed E-state index contributed by atoms with van der Waals surface area (Å²) < 4.78 is 18.4. The summed E-state index contributed by atoms with van der Waals surface area (Å²) in [6.45, 7) is 4.78. The minimum absolute atomic E-state index is 0.0340. The van der Waals surface area contributed by atoms with Crippen LogP contribution in [0.15, 0.2) is 24.3 Å². The second kappa shape index (κ2) is 8.95. The first-order chi connectivity index (χ1) is 12.6. The van der Waals surface area contributed by atoms with E-state index in [1.54, 1.807) is 12.1 Å². The van der Waals surface area contributed by atoms with Crippen molar-refractivity contribution in [1.29, 1.82) is 0 Å². The van der Waals surface area contributed by atoms with Crippen molar-refractivity contribution in [2.24, 2.45) is 0 Å². The number of amides is 2. The summed E-state index contributed by atoms with van der Waals surface area (Å²) in [4.78, 5) is 28.2. The van der Waals surface area contributed by atoms with Gasteiger partial charge in [0.15, 0.2) is 0 Å². The molecular formula is C18H25FN4O3. The number of nitrogens with one attached hydrogen (secondary N) is 2. The van der Waals surface area contributed by atoms with Crippen molar-refractivity contribution < 1.29 is 18.7 Å². The molecule has 3 rings (SSSR count). The number of ether oxygens (including phenoxy) is 1. The zero-order chi connectivity index (χ0) is 18.4. The van der Waals surface area contributed by atoms with Gasteiger partial charge in [-0.05, 0) is 24.3 Å². The first-order valence-electron chi connectivity index (χ1n) is 9.02. The number of nitrogens with zero attached hydrogens (tertiary/aromatic N) is 2. The number of rotatable bonds is 5. The fourth-order valence-corrected chi connectivity index (χ4v) is 3.16. The maximum Gasteiger partial charge on any atom is 0.250 e. The summed E-state index contributed by atoms with van der Waals surface area (Å²) in [5.41, 5.74) is 0.965. The Bertz CT molecular complexity index is 611. The van der Waals surface area contributed by atoms with Crippen molar-refractivity contribution in [2.75, 3.05) is 57.3 Å². The molecule has 0 saturated carbocycles. The molecule has 2 N–H and O–H groups in total. The lowest BCUT2D eigenvalue weighted by Gasteiger charge is -2.36. The van der Waals surface area contributed by atoms with Crippen LogP contribution in [0.3, 0.4) is 0 Å². The predicted molar refractivity (Wildman–Crippen MR) is 95.4 cm³/mol. The van der Waals surface area contributed by atoms with Crippen molar-refractivity contribution in [3.05, 3.63) is 30.1 Å². The van der Waals surface area contributed by atoms with Crippen LogP contribution >= 0.6 is 0 Å². The first-order valence-corrected chi connectivity index (χ1v) is 9.02. The van der Waals surface area contributed by atoms with E-state index in [-0.39, 0.29) is 24.1 Å². The molecule has 2 saturated heterocycles. The fourth-order valence-electron chi connectivity index (χ4n) is 3.16. The first kappa shape index (κ1) is 18.6. The van der Waals surface area contributed by atoms with Crippen molar-refractivity contribution in [1.82, 2.24) is 15.5 Å². The molecule has 2 aliphatic heterocycles. The Hall–Kier alpha value is -2.19. The van der Waals surface area contributed by atoms with Crippen LogP contribution in [0.1, 0.15) is 6.42 Å². The van der Waals surface area contributed by atoms with Crippen molar-refractivity contribution in [2.45, 2.75) is 12.5 Å². The van der Waals surface area contributed by atoms with Gasteiger partial charge in [0.1, 0.15) is 11.9 Å². The summed E-state index contributed by atoms with van der Waals surface area (Å²) in [7, 11) is 0. The monoisotopic (exact) mass is 364 g/mol. The van der Waals surface area contributed by atoms with Crippen LogP contribution in [0.2, 0.25) is 0 Å². The highest BCUT2D eigenvalue weighted by Gasteiger charge is 2.23. The molecule has 7 nitrogen and oxygen atoms in total. The number of carbonyl (C=O) groups excluding carboxylic acids is 2. The number of piperazine rings is 1. The minimum atomic E-state index is -0.474. The molecule has 1 aromatic carbocycles. The van der Waals surface area contributed by atoms with Crippen LogP contribution in [0.25, 0.3) is 0 Å². The lowest BCUT2D eigenvalue weighted by Crippen LogP contribution is -2.50. The van der Waals surface area contributed by atoms with E-state index in [1.165, 1.54) is 12.1 Å². The maximum absolute atomic E-state index is 13.0. The highest BCUT2D eigenvalue weighted by Crippen LogP contribution is 2.17. The van der Waals surface area contributed by atoms with Gasteiger partial charge < -0.3 is 25.2 Å². The third-order valence-corrected chi connectivity index (χ3v) is 4.68. The van der Waals surface area contributed by atoms with Gasteiger partial charge in [0.25, 0.3) is 0 Å². The van der Waals surface area contributed by atoms with E-state index < -0.39 is 6.10 Å². The molecule has 0 radical (unpaired) electrons. The number of hydrogen-bond acceptors (Lipinski definition) is 5. The zero-order valence-electron chi connectivity index (χ0n) is 14.7. The van der Waals surface area contributed by atoms with E-state index in [4.69, 9.17) is 4.74 Å². The molecule has 142 valence electrons. The van der Waals surface area contributed by atoms with Gasteiger partial charge in [-0.1, -0.05) is 0 Å². The Morgan fingerprint density at radius 1 is 1.19 bits per heavy atom. The maximum atomic E-state index is 13.0. The molecule has 26 heavy (non-hydrogen) atoms. The Morgan fingerprint density at radius 2 is 1.92 bits per heavy atom. The average molecular weight is 364 g/mol. The fraction of sp³-hybridized carbons (Fsp3) is 0.556. The number of halogens is 1. The average Bonchev–Trinajstić information content (AvgIpc) is 2.69. The van der Waals surface area contributed by atoms with Crippen LogP contribution in [0, 0.1) is 5.82 Å². The van der Waals surface area contributed by atoms with Crippen LogP contribution in [-0.4, -0.2) is 75.2 Å². The number of hydrogen-bond donors (Lipinski definition) is 2. The second-order valence-corrected chi connectivity index (χ2v) is 6.45. The highest BCUT2D eigenvalue weighted by atomic mass is 19.1. The summed E-state index contributed by atoms with van der Waals surface area (Å²) in [5.74, 6) is -0.392. The molecule has 8 heteroatoms. The molecule has 0 bridgehead atoms. The Labute approximate surface area is 152 Å². The quantitative estimate of drug-likeness (QED) is 0.768. The van der Waals surface area contributed by atoms with E-state index in [1.807, 2.05) is 4.90 Å². The SMILES string of the molecule is O=C(NCCC(=O)N1CCN(c2ccc(F)cc2)CC1)C1CNCCO1. The molecule has 0 aliphatic carbocycles. The summed E-state index contributed by atoms with van der Waals surface area (Å²) in [6.07, 6.45) is -0.194. The van der Waals surface area contributed by atoms with Crippen LogP contribution < -0.4 is 15.5 Å². The third kappa shape index (κ3) is 4.92. The van der Waals surface area contributed by atoms with E-state index in [0.29, 0.717) is 45.9 Å². The number of anilines is 1. The minimum Gasteiger partial charge on any atom is -0.368 e. The lowest BCUT2D eigenvalue weighted by molar-refractivity contribution is -0.134. The normalized spacial score (nSPS) is 20.7. The van der Waals surface area contributed by atoms with E-state index in [0.717, 1.165) is 12.2 Å². The standard InChI is InChI=1S/C18H25FN4O3/c19-14-1-3-15(4-2-14)22-8-10-23(11-9-22)17(24)5-6-21-18(25)16-13-20-7-12-26-16/h1-4,16,20H,5-13H2,(H,21,25). The predicted octanol–water partition coefficient (Wildman–Crippen LogP) is -0.0310. The van der Waals surface area contributed by atoms with E-state index in [9.17, 15) is 14.0 Å². The molecule has 2 heterocycles. The molecule has 2 fully saturated rings. The molecule has 2 amide bonds. The zero-order valence-corrected chi connectivity index (χ0v) is 14.7. The number of morpholine rings is 1. The molecule has 2 aliphatic rings. The molecule has 1 unspecified atom stereocenters. The lowest BCUT2D eigenvalue weighted by atomic mass is 10.2. The van der Waals surface area contributed by atoms with Gasteiger partial charge in [-0.2, -0.15) is 0 Å². The van der Waals surface area contributed by atoms with Gasteiger partial charge in [0.05, 0.1) is 6.61 Å². The molecule has 0 spiro atoms. The molecular weight excluding hydrogens is 339 g/mol. The van der Waals surface area contributed by atoms with Gasteiger partial charge in [-0.3, -0.25) is 9.59 Å². The Balaban J connectivity index is 1.37. The Morgan fingerprint density at radius 3 is 2.58 bits per heavy atom. The van der Waals surface area contributed by atoms with Crippen LogP contribution in [0.5, 0.6) is 0 Å². The summed E-state index contributed by atoms with van der Waals surface area (Å²) in [5, 5.41) is 5.87. The second-order valence-electron chi connectivity index (χ2n) is 6.45. The smallest absolute Gasteiger partial charge is 0.250 e. The molecule has 0 aromatic heterocycles. The van der Waals surface area contributed by atoms with Gasteiger partial charge >= 0.3 is 0 Å². The summed E-state index contributed by atoms with van der Waals surface area (Å²) in [6, 6.07) is 6.40. The van der Waals surface area contributed by atoms with Gasteiger partial charge in [-0.15, -0.1) is 0 Å². The van der Waals surface area contributed by atoms with Crippen LogP contribution in [-0.2, 0) is 14.3 Å². The number of benzene rings is 1. The van der Waals surface area contributed by atoms with E-state index >= 15 is 0 Å². The van der Waals surface area contributed by atoms with Gasteiger partial charge in [-0.25, -0.2) is 4.39 Å². The van der Waals surface area contributed by atoms with Crippen molar-refractivity contribution in [3.8, 4) is 0 Å². The van der Waals surface area contributed by atoms with Gasteiger partial charge in [0, 0.05) is 57.9 Å². The highest BCUT2D eigenvalue weighted by molar-refractivity contribution is 5.82. The largest absolute Gasteiger partial charge is 0.368 e. The van der Waals surface area contributed by atoms with Crippen molar-refractivity contribution in [3.63, 3.8) is 0 Å². The summed E-state index contributed by atoms with van der Waals surface area (Å²) >= 11 is 0.